The molecule has 2 aromatic carbocycles. The predicted molar refractivity (Wildman–Crippen MR) is 93.0 cm³/mol. The van der Waals surface area contributed by atoms with Gasteiger partial charge in [-0.1, -0.05) is 12.1 Å². The van der Waals surface area contributed by atoms with Crippen LogP contribution in [0.15, 0.2) is 47.6 Å². The number of benzene rings is 2. The molecule has 128 valence electrons. The monoisotopic (exact) mass is 338 g/mol. The molecule has 0 spiro atoms. The first-order valence-electron chi connectivity index (χ1n) is 8.39. The smallest absolute Gasteiger partial charge is 0.240 e. The van der Waals surface area contributed by atoms with E-state index in [-0.39, 0.29) is 23.7 Å². The van der Waals surface area contributed by atoms with Crippen molar-refractivity contribution >= 4 is 11.6 Å². The van der Waals surface area contributed by atoms with E-state index >= 15 is 0 Å². The molecule has 1 heterocycles. The minimum Gasteiger partial charge on any atom is -0.497 e. The van der Waals surface area contributed by atoms with E-state index in [1.165, 1.54) is 29.6 Å². The van der Waals surface area contributed by atoms with Crippen molar-refractivity contribution in [3.05, 3.63) is 65.0 Å². The van der Waals surface area contributed by atoms with Gasteiger partial charge in [-0.15, -0.1) is 0 Å². The Morgan fingerprint density at radius 1 is 1.28 bits per heavy atom. The number of nitrogens with zero attached hydrogens (tertiary/aromatic N) is 2. The van der Waals surface area contributed by atoms with Gasteiger partial charge in [0, 0.05) is 18.4 Å². The van der Waals surface area contributed by atoms with E-state index in [1.807, 2.05) is 24.3 Å². The highest BCUT2D eigenvalue weighted by atomic mass is 19.1. The van der Waals surface area contributed by atoms with Crippen LogP contribution in [0.25, 0.3) is 0 Å². The van der Waals surface area contributed by atoms with Gasteiger partial charge in [-0.05, 0) is 54.3 Å². The third-order valence-corrected chi connectivity index (χ3v) is 5.04. The minimum atomic E-state index is -0.296. The summed E-state index contributed by atoms with van der Waals surface area (Å²) >= 11 is 0. The normalized spacial score (nSPS) is 21.4. The second-order valence-electron chi connectivity index (χ2n) is 6.52. The summed E-state index contributed by atoms with van der Waals surface area (Å²) in [5.41, 5.74) is 3.93. The molecule has 0 aromatic heterocycles. The Hall–Kier alpha value is -2.69. The highest BCUT2D eigenvalue weighted by Gasteiger charge is 2.43. The number of hydrazone groups is 1. The van der Waals surface area contributed by atoms with Gasteiger partial charge in [0.25, 0.3) is 0 Å². The zero-order valence-corrected chi connectivity index (χ0v) is 14.2. The second-order valence-corrected chi connectivity index (χ2v) is 6.52. The van der Waals surface area contributed by atoms with Gasteiger partial charge in [0.15, 0.2) is 0 Å². The molecular weight excluding hydrogens is 319 g/mol. The summed E-state index contributed by atoms with van der Waals surface area (Å²) in [6, 6.07) is 12.2. The third kappa shape index (κ3) is 2.60. The SMILES string of the molecule is COc1ccc2c(c1)CC[C@H]1C2=NN(C(C)=O)[C@H]1c1cccc(F)c1. The first kappa shape index (κ1) is 15.8. The molecule has 2 aromatic rings. The number of carbonyl (C=O) groups is 1. The van der Waals surface area contributed by atoms with Crippen LogP contribution in [0.4, 0.5) is 4.39 Å². The van der Waals surface area contributed by atoms with Crippen molar-refractivity contribution in [3.8, 4) is 5.75 Å². The second kappa shape index (κ2) is 5.99. The van der Waals surface area contributed by atoms with Gasteiger partial charge in [-0.25, -0.2) is 9.40 Å². The van der Waals surface area contributed by atoms with E-state index in [1.54, 1.807) is 13.2 Å². The van der Waals surface area contributed by atoms with Gasteiger partial charge in [-0.2, -0.15) is 5.10 Å². The van der Waals surface area contributed by atoms with Gasteiger partial charge in [0.1, 0.15) is 11.6 Å². The lowest BCUT2D eigenvalue weighted by Crippen LogP contribution is -2.31. The van der Waals surface area contributed by atoms with Crippen molar-refractivity contribution < 1.29 is 13.9 Å². The van der Waals surface area contributed by atoms with E-state index in [2.05, 4.69) is 5.10 Å². The minimum absolute atomic E-state index is 0.0756. The van der Waals surface area contributed by atoms with Crippen molar-refractivity contribution in [2.75, 3.05) is 7.11 Å². The molecule has 25 heavy (non-hydrogen) atoms. The van der Waals surface area contributed by atoms with Crippen LogP contribution in [0.3, 0.4) is 0 Å². The highest BCUT2D eigenvalue weighted by Crippen LogP contribution is 2.43. The summed E-state index contributed by atoms with van der Waals surface area (Å²) in [4.78, 5) is 12.2. The van der Waals surface area contributed by atoms with E-state index in [0.717, 1.165) is 35.4 Å². The largest absolute Gasteiger partial charge is 0.497 e. The van der Waals surface area contributed by atoms with Gasteiger partial charge in [-0.3, -0.25) is 4.79 Å². The Balaban J connectivity index is 1.79. The number of carbonyl (C=O) groups excluding carboxylic acids is 1. The first-order valence-corrected chi connectivity index (χ1v) is 8.39. The maximum atomic E-state index is 13.7. The molecule has 1 aliphatic carbocycles. The molecule has 4 rings (SSSR count). The number of amides is 1. The molecule has 5 heteroatoms. The fraction of sp³-hybridized carbons (Fsp3) is 0.300. The molecule has 2 atom stereocenters. The molecule has 4 nitrogen and oxygen atoms in total. The number of aryl methyl sites for hydroxylation is 1. The molecule has 0 N–H and O–H groups in total. The molecule has 0 unspecified atom stereocenters. The maximum absolute atomic E-state index is 13.7. The van der Waals surface area contributed by atoms with E-state index < -0.39 is 0 Å². The fourth-order valence-electron chi connectivity index (χ4n) is 3.92. The number of rotatable bonds is 2. The van der Waals surface area contributed by atoms with Crippen molar-refractivity contribution in [1.29, 1.82) is 0 Å². The lowest BCUT2D eigenvalue weighted by molar-refractivity contribution is -0.131. The summed E-state index contributed by atoms with van der Waals surface area (Å²) in [6.07, 6.45) is 1.75. The van der Waals surface area contributed by atoms with Crippen LogP contribution in [-0.4, -0.2) is 23.7 Å². The van der Waals surface area contributed by atoms with Gasteiger partial charge in [0.05, 0.1) is 18.9 Å². The lowest BCUT2D eigenvalue weighted by Gasteiger charge is -2.29. The standard InChI is InChI=1S/C20H19FN2O2/c1-12(24)23-20(14-4-3-5-15(21)10-14)18-8-6-13-11-16(25-2)7-9-17(13)19(18)22-23/h3-5,7,9-11,18,20H,6,8H2,1-2H3/t18-,20-/m0/s1. The Morgan fingerprint density at radius 3 is 2.84 bits per heavy atom. The van der Waals surface area contributed by atoms with Crippen molar-refractivity contribution in [2.24, 2.45) is 11.0 Å². The van der Waals surface area contributed by atoms with E-state index in [4.69, 9.17) is 4.74 Å². The zero-order chi connectivity index (χ0) is 17.6. The molecule has 0 saturated carbocycles. The molecule has 0 fully saturated rings. The Bertz CT molecular complexity index is 878. The molecule has 1 aliphatic heterocycles. The van der Waals surface area contributed by atoms with Crippen molar-refractivity contribution in [1.82, 2.24) is 5.01 Å². The fourth-order valence-corrected chi connectivity index (χ4v) is 3.92. The third-order valence-electron chi connectivity index (χ3n) is 5.04. The van der Waals surface area contributed by atoms with Crippen LogP contribution in [0.2, 0.25) is 0 Å². The van der Waals surface area contributed by atoms with Gasteiger partial charge in [0.2, 0.25) is 5.91 Å². The molecule has 2 aliphatic rings. The molecule has 0 saturated heterocycles. The maximum Gasteiger partial charge on any atom is 0.240 e. The molecule has 0 bridgehead atoms. The van der Waals surface area contributed by atoms with Crippen LogP contribution in [0.1, 0.15) is 36.1 Å². The van der Waals surface area contributed by atoms with Crippen LogP contribution in [0.5, 0.6) is 5.75 Å². The van der Waals surface area contributed by atoms with Gasteiger partial charge >= 0.3 is 0 Å². The van der Waals surface area contributed by atoms with Crippen molar-refractivity contribution in [3.63, 3.8) is 0 Å². The number of ether oxygens (including phenoxy) is 1. The van der Waals surface area contributed by atoms with Crippen molar-refractivity contribution in [2.45, 2.75) is 25.8 Å². The number of fused-ring (bicyclic) bond motifs is 3. The van der Waals surface area contributed by atoms with Crippen LogP contribution >= 0.6 is 0 Å². The van der Waals surface area contributed by atoms with Crippen LogP contribution < -0.4 is 4.74 Å². The lowest BCUT2D eigenvalue weighted by atomic mass is 9.77. The average Bonchev–Trinajstić information content (AvgIpc) is 3.01. The predicted octanol–water partition coefficient (Wildman–Crippen LogP) is 3.70. The average molecular weight is 338 g/mol. The van der Waals surface area contributed by atoms with Crippen LogP contribution in [0, 0.1) is 11.7 Å². The molecule has 1 amide bonds. The summed E-state index contributed by atoms with van der Waals surface area (Å²) < 4.78 is 19.0. The summed E-state index contributed by atoms with van der Waals surface area (Å²) in [5.74, 6) is 0.467. The Labute approximate surface area is 145 Å². The van der Waals surface area contributed by atoms with Gasteiger partial charge < -0.3 is 4.74 Å². The number of methoxy groups -OCH3 is 1. The zero-order valence-electron chi connectivity index (χ0n) is 14.2. The topological polar surface area (TPSA) is 41.9 Å². The Morgan fingerprint density at radius 2 is 2.12 bits per heavy atom. The quantitative estimate of drug-likeness (QED) is 0.838. The number of hydrogen-bond donors (Lipinski definition) is 0. The molecule has 0 radical (unpaired) electrons. The summed E-state index contributed by atoms with van der Waals surface area (Å²) in [6.45, 7) is 1.50. The Kier molecular flexibility index (Phi) is 3.79. The molecular formula is C20H19FN2O2. The first-order chi connectivity index (χ1) is 12.1. The number of halogens is 1. The number of hydrogen-bond acceptors (Lipinski definition) is 3. The summed E-state index contributed by atoms with van der Waals surface area (Å²) in [5, 5.41) is 6.14. The van der Waals surface area contributed by atoms with Crippen LogP contribution in [-0.2, 0) is 11.2 Å². The summed E-state index contributed by atoms with van der Waals surface area (Å²) in [7, 11) is 1.65. The highest BCUT2D eigenvalue weighted by molar-refractivity contribution is 6.06. The van der Waals surface area contributed by atoms with E-state index in [0.29, 0.717) is 0 Å². The van der Waals surface area contributed by atoms with E-state index in [9.17, 15) is 9.18 Å².